The molecule has 13 heteroatoms. The number of carbonyl (C=O) groups is 2. The topological polar surface area (TPSA) is 127 Å². The summed E-state index contributed by atoms with van der Waals surface area (Å²) in [5, 5.41) is 21.5. The number of nitro groups is 1. The van der Waals surface area contributed by atoms with E-state index in [1.165, 1.54) is 46.9 Å². The molecule has 0 fully saturated rings. The minimum atomic E-state index is -0.506. The highest BCUT2D eigenvalue weighted by Crippen LogP contribution is 2.25. The van der Waals surface area contributed by atoms with Crippen LogP contribution in [0.15, 0.2) is 35.0 Å². The first kappa shape index (κ1) is 27.7. The molecule has 182 valence electrons. The highest BCUT2D eigenvalue weighted by atomic mass is 35.5. The zero-order valence-electron chi connectivity index (χ0n) is 18.6. The van der Waals surface area contributed by atoms with E-state index in [0.29, 0.717) is 52.4 Å². The molecule has 2 heterocycles. The van der Waals surface area contributed by atoms with Gasteiger partial charge in [-0.25, -0.2) is 9.97 Å². The summed E-state index contributed by atoms with van der Waals surface area (Å²) in [5.74, 6) is 0.624. The third-order valence-corrected chi connectivity index (χ3v) is 7.37. The molecule has 0 aliphatic carbocycles. The summed E-state index contributed by atoms with van der Waals surface area (Å²) in [4.78, 5) is 43.6. The van der Waals surface area contributed by atoms with E-state index in [0.717, 1.165) is 17.2 Å². The number of nitrogens with one attached hydrogen (secondary N) is 2. The Kier molecular flexibility index (Phi) is 10.9. The van der Waals surface area contributed by atoms with Crippen LogP contribution < -0.4 is 23.0 Å². The smallest absolute Gasteiger partial charge is 0.270 e. The van der Waals surface area contributed by atoms with Gasteiger partial charge in [-0.15, -0.1) is 22.7 Å². The number of amides is 2. The van der Waals surface area contributed by atoms with Gasteiger partial charge < -0.3 is 23.0 Å². The molecule has 0 radical (unpaired) electrons. The van der Waals surface area contributed by atoms with Gasteiger partial charge in [-0.1, -0.05) is 0 Å². The van der Waals surface area contributed by atoms with Crippen LogP contribution >= 0.6 is 22.7 Å². The first-order valence-electron chi connectivity index (χ1n) is 10.1. The minimum Gasteiger partial charge on any atom is -1.00 e. The van der Waals surface area contributed by atoms with Gasteiger partial charge in [-0.3, -0.25) is 19.7 Å². The Labute approximate surface area is 214 Å². The molecule has 2 aromatic heterocycles. The molecule has 0 aliphatic heterocycles. The number of halogens is 1. The number of thiazole rings is 2. The molecule has 34 heavy (non-hydrogen) atoms. The monoisotopic (exact) mass is 541 g/mol. The molecule has 3 rings (SSSR count). The molecular weight excluding hydrogens is 518 g/mol. The second-order valence-corrected chi connectivity index (χ2v) is 11.5. The molecule has 3 aromatic rings. The van der Waals surface area contributed by atoms with E-state index in [2.05, 4.69) is 33.1 Å². The Balaban J connectivity index is 0.00000408. The number of carbonyl (C=O) groups excluding carboxylic acids is 2. The minimum absolute atomic E-state index is 0. The second-order valence-electron chi connectivity index (χ2n) is 7.27. The van der Waals surface area contributed by atoms with Crippen molar-refractivity contribution in [1.82, 2.24) is 20.6 Å². The number of benzene rings is 1. The molecule has 2 N–H and O–H groups in total. The second kappa shape index (κ2) is 13.4. The summed E-state index contributed by atoms with van der Waals surface area (Å²) in [6, 6.07) is 5.46. The lowest BCUT2D eigenvalue weighted by atomic mass is 10.2. The number of nitro benzene ring substituents is 1. The predicted molar refractivity (Wildman–Crippen MR) is 133 cm³/mol. The Hall–Kier alpha value is -2.54. The molecular formula is C21H24ClN5O4S3. The van der Waals surface area contributed by atoms with Crippen molar-refractivity contribution in [3.8, 4) is 10.7 Å². The first-order valence-corrected chi connectivity index (χ1v) is 14.1. The van der Waals surface area contributed by atoms with Gasteiger partial charge in [0, 0.05) is 54.4 Å². The van der Waals surface area contributed by atoms with Crippen LogP contribution in [0.2, 0.25) is 0 Å². The van der Waals surface area contributed by atoms with Gasteiger partial charge in [-0.05, 0) is 23.0 Å². The van der Waals surface area contributed by atoms with Gasteiger partial charge in [0.15, 0.2) is 0 Å². The molecule has 0 atom stereocenters. The van der Waals surface area contributed by atoms with E-state index < -0.39 is 4.92 Å². The average molecular weight is 542 g/mol. The van der Waals surface area contributed by atoms with Crippen molar-refractivity contribution in [3.63, 3.8) is 0 Å². The van der Waals surface area contributed by atoms with E-state index in [4.69, 9.17) is 0 Å². The number of non-ortho nitro benzene ring substituents is 1. The van der Waals surface area contributed by atoms with Crippen LogP contribution in [-0.2, 0) is 17.3 Å². The van der Waals surface area contributed by atoms with Crippen molar-refractivity contribution < 1.29 is 26.9 Å². The van der Waals surface area contributed by atoms with Crippen LogP contribution in [0.4, 0.5) is 5.69 Å². The fourth-order valence-corrected chi connectivity index (χ4v) is 5.13. The van der Waals surface area contributed by atoms with E-state index in [-0.39, 0.29) is 29.9 Å². The molecule has 9 nitrogen and oxygen atoms in total. The van der Waals surface area contributed by atoms with Crippen molar-refractivity contribution >= 4 is 51.1 Å². The van der Waals surface area contributed by atoms with E-state index in [9.17, 15) is 19.7 Å². The molecule has 0 aliphatic rings. The predicted octanol–water partition coefficient (Wildman–Crippen LogP) is 0.149. The summed E-state index contributed by atoms with van der Waals surface area (Å²) in [7, 11) is 0.371. The standard InChI is InChI=1S/C21H23N5O4S3.ClH/c1-33(2)11-3-9-22-20(28)16-12-32-21(25-16)17-13-31-18(24-17)8-10-23-19(27)14-4-6-15(7-5-14)26(29)30;/h4-7,12-13H,3,8-11H2,1-2H3,(H-,22,23,27,28);1H. The SMILES string of the molecule is C[S+](C)CCCNC(=O)c1csc(-c2csc(CCNC(=O)c3ccc([N+](=O)[O-])cc3)n2)n1.[Cl-]. The number of hydrogen-bond acceptors (Lipinski definition) is 8. The largest absolute Gasteiger partial charge is 1.00 e. The van der Waals surface area contributed by atoms with Gasteiger partial charge in [-0.2, -0.15) is 0 Å². The molecule has 0 unspecified atom stereocenters. The van der Waals surface area contributed by atoms with Crippen LogP contribution in [0, 0.1) is 10.1 Å². The third kappa shape index (κ3) is 8.05. The van der Waals surface area contributed by atoms with E-state index in [1.807, 2.05) is 5.38 Å². The van der Waals surface area contributed by atoms with Crippen LogP contribution in [0.5, 0.6) is 0 Å². The fraction of sp³-hybridized carbons (Fsp3) is 0.333. The summed E-state index contributed by atoms with van der Waals surface area (Å²) < 4.78 is 0. The van der Waals surface area contributed by atoms with Gasteiger partial charge in [0.2, 0.25) is 0 Å². The summed E-state index contributed by atoms with van der Waals surface area (Å²) >= 11 is 2.84. The molecule has 0 saturated carbocycles. The highest BCUT2D eigenvalue weighted by molar-refractivity contribution is 7.95. The Bertz CT molecular complexity index is 1120. The van der Waals surface area contributed by atoms with E-state index in [1.54, 1.807) is 5.38 Å². The number of hydrogen-bond donors (Lipinski definition) is 2. The highest BCUT2D eigenvalue weighted by Gasteiger charge is 2.15. The lowest BCUT2D eigenvalue weighted by Crippen LogP contribution is -3.00. The Morgan fingerprint density at radius 3 is 2.41 bits per heavy atom. The number of rotatable bonds is 11. The summed E-state index contributed by atoms with van der Waals surface area (Å²) in [6.07, 6.45) is 5.86. The lowest BCUT2D eigenvalue weighted by molar-refractivity contribution is -0.384. The maximum atomic E-state index is 12.3. The fourth-order valence-electron chi connectivity index (χ4n) is 2.79. The van der Waals surface area contributed by atoms with E-state index >= 15 is 0 Å². The number of nitrogens with zero attached hydrogens (tertiary/aromatic N) is 3. The lowest BCUT2D eigenvalue weighted by Gasteiger charge is -2.03. The molecule has 0 saturated heterocycles. The zero-order chi connectivity index (χ0) is 23.8. The van der Waals surface area contributed by atoms with Crippen molar-refractivity contribution in [2.75, 3.05) is 31.4 Å². The van der Waals surface area contributed by atoms with Gasteiger partial charge in [0.25, 0.3) is 17.5 Å². The number of aromatic nitrogens is 2. The molecule has 0 spiro atoms. The third-order valence-electron chi connectivity index (χ3n) is 4.49. The van der Waals surface area contributed by atoms with Crippen LogP contribution in [0.3, 0.4) is 0 Å². The molecule has 1 aromatic carbocycles. The van der Waals surface area contributed by atoms with Crippen LogP contribution in [-0.4, -0.2) is 58.1 Å². The van der Waals surface area contributed by atoms with Gasteiger partial charge in [0.05, 0.1) is 22.4 Å². The van der Waals surface area contributed by atoms with Gasteiger partial charge in [0.1, 0.15) is 22.1 Å². The Morgan fingerprint density at radius 2 is 1.74 bits per heavy atom. The maximum absolute atomic E-state index is 12.3. The Morgan fingerprint density at radius 1 is 1.03 bits per heavy atom. The normalized spacial score (nSPS) is 10.6. The maximum Gasteiger partial charge on any atom is 0.270 e. The van der Waals surface area contributed by atoms with Crippen LogP contribution in [0.1, 0.15) is 32.3 Å². The van der Waals surface area contributed by atoms with Crippen molar-refractivity contribution in [2.24, 2.45) is 0 Å². The van der Waals surface area contributed by atoms with Gasteiger partial charge >= 0.3 is 0 Å². The summed E-state index contributed by atoms with van der Waals surface area (Å²) in [6.45, 7) is 1.02. The first-order chi connectivity index (χ1) is 15.8. The van der Waals surface area contributed by atoms with Crippen molar-refractivity contribution in [1.29, 1.82) is 0 Å². The average Bonchev–Trinajstić information content (AvgIpc) is 3.46. The molecule has 2 amide bonds. The summed E-state index contributed by atoms with van der Waals surface area (Å²) in [5.41, 5.74) is 1.41. The molecule has 0 bridgehead atoms. The van der Waals surface area contributed by atoms with Crippen molar-refractivity contribution in [3.05, 3.63) is 61.4 Å². The zero-order valence-corrected chi connectivity index (χ0v) is 21.8. The van der Waals surface area contributed by atoms with Crippen molar-refractivity contribution in [2.45, 2.75) is 12.8 Å². The quantitative estimate of drug-likeness (QED) is 0.154. The van der Waals surface area contributed by atoms with Crippen LogP contribution in [0.25, 0.3) is 10.7 Å².